The fourth-order valence-corrected chi connectivity index (χ4v) is 1.76. The molecule has 0 aliphatic heterocycles. The Kier molecular flexibility index (Phi) is 3.87. The maximum absolute atomic E-state index is 11.2. The maximum Gasteiger partial charge on any atom is 0.312 e. The molecule has 0 aliphatic carbocycles. The smallest absolute Gasteiger partial charge is 0.312 e. The summed E-state index contributed by atoms with van der Waals surface area (Å²) in [5, 5.41) is 0. The molecule has 1 unspecified atom stereocenters. The number of carbonyl (C=O) groups is 1. The van der Waals surface area contributed by atoms with E-state index in [4.69, 9.17) is 0 Å². The Morgan fingerprint density at radius 3 is 2.33 bits per heavy atom. The highest BCUT2D eigenvalue weighted by molar-refractivity contribution is 7.10. The summed E-state index contributed by atoms with van der Waals surface area (Å²) in [7, 11) is 1.99. The number of hydrogen-bond donors (Lipinski definition) is 0. The van der Waals surface area contributed by atoms with E-state index in [1.54, 1.807) is 0 Å². The Bertz CT molecular complexity index is 397. The molecule has 0 bridgehead atoms. The van der Waals surface area contributed by atoms with Gasteiger partial charge in [0.2, 0.25) is 0 Å². The SMILES string of the molecule is Cc1cc(CC(=O)OP)c(C)c(C)c1C. The first-order valence-electron chi connectivity index (χ1n) is 4.93. The van der Waals surface area contributed by atoms with Crippen molar-refractivity contribution in [1.82, 2.24) is 0 Å². The molecule has 0 saturated heterocycles. The summed E-state index contributed by atoms with van der Waals surface area (Å²) in [6.07, 6.45) is 0.345. The number of aryl methyl sites for hydroxylation is 1. The first-order chi connectivity index (χ1) is 6.97. The van der Waals surface area contributed by atoms with Crippen molar-refractivity contribution < 1.29 is 9.32 Å². The van der Waals surface area contributed by atoms with Gasteiger partial charge in [0.25, 0.3) is 0 Å². The van der Waals surface area contributed by atoms with Crippen molar-refractivity contribution in [2.45, 2.75) is 34.1 Å². The van der Waals surface area contributed by atoms with Crippen molar-refractivity contribution in [2.24, 2.45) is 0 Å². The minimum atomic E-state index is -0.217. The standard InChI is InChI=1S/C12H17O2P/c1-7-5-11(6-12(13)14-15)10(4)9(3)8(7)2/h5H,6,15H2,1-4H3. The van der Waals surface area contributed by atoms with Gasteiger partial charge in [-0.25, -0.2) is 0 Å². The topological polar surface area (TPSA) is 26.3 Å². The van der Waals surface area contributed by atoms with Gasteiger partial charge < -0.3 is 4.52 Å². The van der Waals surface area contributed by atoms with Crippen molar-refractivity contribution in [3.63, 3.8) is 0 Å². The molecule has 0 radical (unpaired) electrons. The van der Waals surface area contributed by atoms with Crippen LogP contribution >= 0.6 is 9.47 Å². The number of carbonyl (C=O) groups excluding carboxylic acids is 1. The van der Waals surface area contributed by atoms with Gasteiger partial charge in [0.15, 0.2) is 0 Å². The van der Waals surface area contributed by atoms with E-state index in [0.717, 1.165) is 5.56 Å². The second-order valence-corrected chi connectivity index (χ2v) is 4.13. The molecule has 0 saturated carbocycles. The lowest BCUT2D eigenvalue weighted by Gasteiger charge is -2.13. The molecule has 3 heteroatoms. The van der Waals surface area contributed by atoms with E-state index in [1.807, 2.05) is 16.4 Å². The van der Waals surface area contributed by atoms with Crippen LogP contribution in [0.2, 0.25) is 0 Å². The molecule has 0 aliphatic rings. The summed E-state index contributed by atoms with van der Waals surface area (Å²) in [5.41, 5.74) is 6.04. The van der Waals surface area contributed by atoms with E-state index in [9.17, 15) is 4.79 Å². The summed E-state index contributed by atoms with van der Waals surface area (Å²) < 4.78 is 4.60. The second-order valence-electron chi connectivity index (χ2n) is 3.89. The minimum absolute atomic E-state index is 0.217. The molecule has 0 N–H and O–H groups in total. The predicted molar refractivity (Wildman–Crippen MR) is 64.9 cm³/mol. The summed E-state index contributed by atoms with van der Waals surface area (Å²) in [5.74, 6) is -0.217. The number of benzene rings is 1. The van der Waals surface area contributed by atoms with Crippen molar-refractivity contribution in [3.8, 4) is 0 Å². The van der Waals surface area contributed by atoms with Gasteiger partial charge >= 0.3 is 5.97 Å². The van der Waals surface area contributed by atoms with Crippen LogP contribution in [0.5, 0.6) is 0 Å². The summed E-state index contributed by atoms with van der Waals surface area (Å²) >= 11 is 0. The molecule has 1 atom stereocenters. The fourth-order valence-electron chi connectivity index (χ4n) is 1.68. The third kappa shape index (κ3) is 2.57. The highest BCUT2D eigenvalue weighted by Crippen LogP contribution is 2.21. The van der Waals surface area contributed by atoms with E-state index in [-0.39, 0.29) is 5.97 Å². The van der Waals surface area contributed by atoms with Gasteiger partial charge in [-0.1, -0.05) is 6.07 Å². The van der Waals surface area contributed by atoms with Crippen molar-refractivity contribution in [3.05, 3.63) is 33.9 Å². The molecular formula is C12H17O2P. The first kappa shape index (κ1) is 12.2. The molecule has 1 rings (SSSR count). The van der Waals surface area contributed by atoms with Crippen LogP contribution in [0.4, 0.5) is 0 Å². The van der Waals surface area contributed by atoms with Crippen molar-refractivity contribution in [1.29, 1.82) is 0 Å². The molecule has 82 valence electrons. The van der Waals surface area contributed by atoms with E-state index >= 15 is 0 Å². The third-order valence-electron chi connectivity index (χ3n) is 3.06. The summed E-state index contributed by atoms with van der Waals surface area (Å²) in [6.45, 7) is 8.31. The minimum Gasteiger partial charge on any atom is -0.451 e. The zero-order chi connectivity index (χ0) is 11.6. The normalized spacial score (nSPS) is 10.2. The lowest BCUT2D eigenvalue weighted by Crippen LogP contribution is -2.05. The summed E-state index contributed by atoms with van der Waals surface area (Å²) in [6, 6.07) is 2.07. The Hall–Kier alpha value is -0.880. The molecule has 0 spiro atoms. The van der Waals surface area contributed by atoms with Crippen LogP contribution < -0.4 is 0 Å². The van der Waals surface area contributed by atoms with E-state index in [2.05, 4.69) is 31.4 Å². The molecule has 0 heterocycles. The van der Waals surface area contributed by atoms with Gasteiger partial charge in [0.05, 0.1) is 15.9 Å². The fraction of sp³-hybridized carbons (Fsp3) is 0.417. The van der Waals surface area contributed by atoms with E-state index in [1.165, 1.54) is 22.3 Å². The Labute approximate surface area is 93.3 Å². The number of hydrogen-bond acceptors (Lipinski definition) is 2. The van der Waals surface area contributed by atoms with Gasteiger partial charge in [-0.05, 0) is 55.5 Å². The van der Waals surface area contributed by atoms with E-state index in [0.29, 0.717) is 6.42 Å². The van der Waals surface area contributed by atoms with Gasteiger partial charge in [-0.3, -0.25) is 4.79 Å². The molecule has 0 fully saturated rings. The largest absolute Gasteiger partial charge is 0.451 e. The second kappa shape index (κ2) is 4.76. The van der Waals surface area contributed by atoms with Crippen LogP contribution in [0.1, 0.15) is 27.8 Å². The quantitative estimate of drug-likeness (QED) is 0.722. The zero-order valence-electron chi connectivity index (χ0n) is 9.68. The monoisotopic (exact) mass is 224 g/mol. The molecular weight excluding hydrogens is 207 g/mol. The molecule has 2 nitrogen and oxygen atoms in total. The Morgan fingerprint density at radius 2 is 1.80 bits per heavy atom. The van der Waals surface area contributed by atoms with E-state index < -0.39 is 0 Å². The maximum atomic E-state index is 11.2. The molecule has 0 aromatic heterocycles. The highest BCUT2D eigenvalue weighted by atomic mass is 31.0. The van der Waals surface area contributed by atoms with Gasteiger partial charge in [0.1, 0.15) is 0 Å². The number of rotatable bonds is 2. The third-order valence-corrected chi connectivity index (χ3v) is 3.32. The van der Waals surface area contributed by atoms with Crippen LogP contribution in [0.25, 0.3) is 0 Å². The van der Waals surface area contributed by atoms with Gasteiger partial charge in [-0.15, -0.1) is 0 Å². The predicted octanol–water partition coefficient (Wildman–Crippen LogP) is 2.80. The van der Waals surface area contributed by atoms with Gasteiger partial charge in [0, 0.05) is 0 Å². The Balaban J connectivity index is 3.15. The van der Waals surface area contributed by atoms with Crippen LogP contribution in [0.3, 0.4) is 0 Å². The average Bonchev–Trinajstić information content (AvgIpc) is 2.22. The lowest BCUT2D eigenvalue weighted by molar-refractivity contribution is -0.132. The lowest BCUT2D eigenvalue weighted by atomic mass is 9.93. The highest BCUT2D eigenvalue weighted by Gasteiger charge is 2.10. The molecule has 15 heavy (non-hydrogen) atoms. The molecule has 1 aromatic rings. The first-order valence-corrected chi connectivity index (χ1v) is 5.40. The van der Waals surface area contributed by atoms with Gasteiger partial charge in [-0.2, -0.15) is 0 Å². The molecule has 0 amide bonds. The Morgan fingerprint density at radius 1 is 1.20 bits per heavy atom. The molecule has 1 aromatic carbocycles. The average molecular weight is 224 g/mol. The van der Waals surface area contributed by atoms with Crippen LogP contribution in [-0.2, 0) is 15.7 Å². The summed E-state index contributed by atoms with van der Waals surface area (Å²) in [4.78, 5) is 11.2. The van der Waals surface area contributed by atoms with Crippen LogP contribution in [-0.4, -0.2) is 5.97 Å². The zero-order valence-corrected chi connectivity index (χ0v) is 10.8. The van der Waals surface area contributed by atoms with Crippen molar-refractivity contribution in [2.75, 3.05) is 0 Å². The van der Waals surface area contributed by atoms with Crippen LogP contribution in [0.15, 0.2) is 6.07 Å². The van der Waals surface area contributed by atoms with Crippen LogP contribution in [0, 0.1) is 27.7 Å². The van der Waals surface area contributed by atoms with Crippen molar-refractivity contribution >= 4 is 15.4 Å².